The topological polar surface area (TPSA) is 75.1 Å². The van der Waals surface area contributed by atoms with Crippen molar-refractivity contribution in [1.82, 2.24) is 9.97 Å². The highest BCUT2D eigenvalue weighted by atomic mass is 32.1. The molecule has 3 saturated carbocycles. The summed E-state index contributed by atoms with van der Waals surface area (Å²) >= 11 is 2.80. The van der Waals surface area contributed by atoms with Crippen LogP contribution >= 0.6 is 22.7 Å². The molecular formula is C27H32FN3O2S2. The summed E-state index contributed by atoms with van der Waals surface area (Å²) in [5.41, 5.74) is 1.49. The minimum Gasteiger partial charge on any atom is -0.390 e. The van der Waals surface area contributed by atoms with E-state index in [0.717, 1.165) is 37.0 Å². The number of anilines is 1. The summed E-state index contributed by atoms with van der Waals surface area (Å²) in [5, 5.41) is 18.7. The maximum Gasteiger partial charge on any atom is 0.276 e. The predicted octanol–water partition coefficient (Wildman–Crippen LogP) is 6.37. The van der Waals surface area contributed by atoms with E-state index in [9.17, 15) is 9.90 Å². The van der Waals surface area contributed by atoms with Gasteiger partial charge in [-0.05, 0) is 56.3 Å². The summed E-state index contributed by atoms with van der Waals surface area (Å²) < 4.78 is 17.3. The van der Waals surface area contributed by atoms with Crippen LogP contribution < -0.4 is 5.32 Å². The Morgan fingerprint density at radius 2 is 2.11 bits per heavy atom. The number of amides is 1. The first-order valence-electron chi connectivity index (χ1n) is 12.6. The molecule has 2 N–H and O–H groups in total. The molecule has 0 spiro atoms. The molecule has 186 valence electrons. The van der Waals surface area contributed by atoms with Gasteiger partial charge in [-0.25, -0.2) is 14.4 Å². The molecule has 0 bridgehead atoms. The Bertz CT molecular complexity index is 1210. The van der Waals surface area contributed by atoms with E-state index in [0.29, 0.717) is 23.2 Å². The minimum atomic E-state index is -1.65. The van der Waals surface area contributed by atoms with Gasteiger partial charge in [-0.1, -0.05) is 37.6 Å². The summed E-state index contributed by atoms with van der Waals surface area (Å²) in [6, 6.07) is 0. The van der Waals surface area contributed by atoms with Crippen LogP contribution in [0, 0.1) is 28.6 Å². The SMILES string of the molecule is CC1CC2C3CCC4=CCC=CC4(C)C3(F)C(O)CC2(C)C1c1csc(NC(=O)c2cscn2)n1. The third kappa shape index (κ3) is 3.22. The number of alkyl halides is 1. The number of thiazole rings is 2. The number of allylic oxidation sites excluding steroid dienone is 4. The monoisotopic (exact) mass is 513 g/mol. The number of fused-ring (bicyclic) bond motifs is 5. The van der Waals surface area contributed by atoms with Gasteiger partial charge >= 0.3 is 0 Å². The Morgan fingerprint density at radius 3 is 2.89 bits per heavy atom. The van der Waals surface area contributed by atoms with Crippen molar-refractivity contribution in [1.29, 1.82) is 0 Å². The predicted molar refractivity (Wildman–Crippen MR) is 137 cm³/mol. The summed E-state index contributed by atoms with van der Waals surface area (Å²) in [7, 11) is 0. The smallest absolute Gasteiger partial charge is 0.276 e. The molecule has 2 aromatic heterocycles. The van der Waals surface area contributed by atoms with Gasteiger partial charge in [0.25, 0.3) is 5.91 Å². The Hall–Kier alpha value is -1.90. The maximum atomic E-state index is 17.3. The van der Waals surface area contributed by atoms with Crippen molar-refractivity contribution in [2.75, 3.05) is 5.32 Å². The molecule has 8 heteroatoms. The third-order valence-electron chi connectivity index (χ3n) is 9.76. The van der Waals surface area contributed by atoms with Gasteiger partial charge in [0, 0.05) is 28.0 Å². The Morgan fingerprint density at radius 1 is 1.29 bits per heavy atom. The van der Waals surface area contributed by atoms with E-state index < -0.39 is 17.2 Å². The van der Waals surface area contributed by atoms with E-state index in [1.54, 1.807) is 10.9 Å². The number of carbonyl (C=O) groups excluding carboxylic acids is 1. The van der Waals surface area contributed by atoms with E-state index in [2.05, 4.69) is 36.3 Å². The number of nitrogens with zero attached hydrogens (tertiary/aromatic N) is 2. The zero-order chi connectivity index (χ0) is 24.6. The Labute approximate surface area is 213 Å². The number of aliphatic hydroxyl groups excluding tert-OH is 1. The summed E-state index contributed by atoms with van der Waals surface area (Å²) in [4.78, 5) is 21.4. The maximum absolute atomic E-state index is 17.3. The van der Waals surface area contributed by atoms with Crippen molar-refractivity contribution in [3.05, 3.63) is 51.5 Å². The zero-order valence-corrected chi connectivity index (χ0v) is 22.0. The molecule has 5 nitrogen and oxygen atoms in total. The van der Waals surface area contributed by atoms with Crippen LogP contribution in [0.3, 0.4) is 0 Å². The van der Waals surface area contributed by atoms with Crippen molar-refractivity contribution in [2.45, 2.75) is 70.6 Å². The quantitative estimate of drug-likeness (QED) is 0.468. The van der Waals surface area contributed by atoms with Crippen molar-refractivity contribution in [3.63, 3.8) is 0 Å². The fraction of sp³-hybridized carbons (Fsp3) is 0.593. The number of halogens is 1. The van der Waals surface area contributed by atoms with Crippen LogP contribution in [0.2, 0.25) is 0 Å². The van der Waals surface area contributed by atoms with Crippen molar-refractivity contribution < 1.29 is 14.3 Å². The van der Waals surface area contributed by atoms with Crippen LogP contribution in [0.25, 0.3) is 0 Å². The van der Waals surface area contributed by atoms with Crippen LogP contribution in [0.1, 0.15) is 75.0 Å². The molecule has 4 aliphatic carbocycles. The highest BCUT2D eigenvalue weighted by Gasteiger charge is 2.71. The van der Waals surface area contributed by atoms with Crippen LogP contribution in [-0.4, -0.2) is 32.8 Å². The molecule has 1 amide bonds. The van der Waals surface area contributed by atoms with E-state index in [4.69, 9.17) is 4.98 Å². The average molecular weight is 514 g/mol. The van der Waals surface area contributed by atoms with Gasteiger partial charge in [0.05, 0.1) is 17.3 Å². The van der Waals surface area contributed by atoms with Crippen LogP contribution in [-0.2, 0) is 0 Å². The molecular weight excluding hydrogens is 481 g/mol. The van der Waals surface area contributed by atoms with Crippen LogP contribution in [0.5, 0.6) is 0 Å². The molecule has 0 aromatic carbocycles. The molecule has 6 rings (SSSR count). The first kappa shape index (κ1) is 23.5. The second-order valence-electron chi connectivity index (χ2n) is 11.4. The minimum absolute atomic E-state index is 0.111. The molecule has 8 unspecified atom stereocenters. The van der Waals surface area contributed by atoms with Gasteiger partial charge in [0.15, 0.2) is 10.8 Å². The van der Waals surface area contributed by atoms with Crippen LogP contribution in [0.4, 0.5) is 9.52 Å². The Kier molecular flexibility index (Phi) is 5.40. The average Bonchev–Trinajstić information content (AvgIpc) is 3.55. The van der Waals surface area contributed by atoms with E-state index in [-0.39, 0.29) is 29.1 Å². The van der Waals surface area contributed by atoms with Crippen molar-refractivity contribution in [3.8, 4) is 0 Å². The first-order valence-corrected chi connectivity index (χ1v) is 14.4. The van der Waals surface area contributed by atoms with E-state index in [1.165, 1.54) is 22.7 Å². The zero-order valence-electron chi connectivity index (χ0n) is 20.3. The number of hydrogen-bond donors (Lipinski definition) is 2. The third-order valence-corrected chi connectivity index (χ3v) is 11.1. The van der Waals surface area contributed by atoms with Crippen molar-refractivity contribution in [2.24, 2.45) is 28.6 Å². The summed E-state index contributed by atoms with van der Waals surface area (Å²) in [6.45, 7) is 6.48. The lowest BCUT2D eigenvalue weighted by molar-refractivity contribution is -0.191. The number of nitrogens with one attached hydrogen (secondary N) is 1. The van der Waals surface area contributed by atoms with Gasteiger partial charge in [-0.2, -0.15) is 0 Å². The number of hydrogen-bond acceptors (Lipinski definition) is 6. The summed E-state index contributed by atoms with van der Waals surface area (Å²) in [6.07, 6.45) is 9.14. The molecule has 2 heterocycles. The molecule has 3 fully saturated rings. The van der Waals surface area contributed by atoms with Gasteiger partial charge in [0.1, 0.15) is 5.69 Å². The largest absolute Gasteiger partial charge is 0.390 e. The lowest BCUT2D eigenvalue weighted by Crippen LogP contribution is -2.66. The lowest BCUT2D eigenvalue weighted by atomic mass is 9.45. The van der Waals surface area contributed by atoms with E-state index >= 15 is 4.39 Å². The molecule has 8 atom stereocenters. The summed E-state index contributed by atoms with van der Waals surface area (Å²) in [5.74, 6) is 0.163. The molecule has 2 aromatic rings. The highest BCUT2D eigenvalue weighted by Crippen LogP contribution is 2.71. The number of aromatic nitrogens is 2. The Balaban J connectivity index is 1.31. The normalized spacial score (nSPS) is 42.1. The fourth-order valence-electron chi connectivity index (χ4n) is 8.32. The standard InChI is InChI=1S/C27H32FN3O2S2/c1-15-10-18-17-8-7-16-6-4-5-9-26(16,3)27(17,28)21(32)11-25(18,2)22(15)19-13-35-24(30-19)31-23(33)20-12-34-14-29-20/h5-6,9,12-15,17-18,21-22,32H,4,7-8,10-11H2,1-3H3,(H,30,31,33). The highest BCUT2D eigenvalue weighted by molar-refractivity contribution is 7.14. The molecule has 0 saturated heterocycles. The molecule has 35 heavy (non-hydrogen) atoms. The molecule has 0 aliphatic heterocycles. The van der Waals surface area contributed by atoms with Gasteiger partial charge in [-0.15, -0.1) is 22.7 Å². The van der Waals surface area contributed by atoms with E-state index in [1.807, 2.05) is 18.4 Å². The first-order chi connectivity index (χ1) is 16.7. The second kappa shape index (κ2) is 8.05. The number of rotatable bonds is 3. The molecule has 0 radical (unpaired) electrons. The van der Waals surface area contributed by atoms with Gasteiger partial charge in [-0.3, -0.25) is 10.1 Å². The number of aliphatic hydroxyl groups is 1. The molecule has 4 aliphatic rings. The van der Waals surface area contributed by atoms with Crippen LogP contribution in [0.15, 0.2) is 40.1 Å². The fourth-order valence-corrected chi connectivity index (χ4v) is 9.59. The van der Waals surface area contributed by atoms with Crippen molar-refractivity contribution >= 4 is 33.7 Å². The number of carbonyl (C=O) groups is 1. The van der Waals surface area contributed by atoms with Gasteiger partial charge < -0.3 is 5.11 Å². The lowest BCUT2D eigenvalue weighted by Gasteiger charge is -2.62. The van der Waals surface area contributed by atoms with Gasteiger partial charge in [0.2, 0.25) is 0 Å². The second-order valence-corrected chi connectivity index (χ2v) is 13.0.